The molecule has 0 radical (unpaired) electrons. The lowest BCUT2D eigenvalue weighted by molar-refractivity contribution is -0.139. The molecule has 1 heterocycles. The van der Waals surface area contributed by atoms with Gasteiger partial charge in [-0.15, -0.1) is 0 Å². The Morgan fingerprint density at radius 3 is 2.65 bits per heavy atom. The van der Waals surface area contributed by atoms with Gasteiger partial charge in [-0.3, -0.25) is 9.59 Å². The Balaban J connectivity index is 2.88. The monoisotopic (exact) mass is 281 g/mol. The quantitative estimate of drug-likeness (QED) is 0.763. The Morgan fingerprint density at radius 1 is 1.40 bits per heavy atom. The minimum Gasteiger partial charge on any atom is -0.480 e. The molecule has 1 aromatic rings. The number of nitrogens with one attached hydrogen (secondary N) is 1. The summed E-state index contributed by atoms with van der Waals surface area (Å²) in [5.41, 5.74) is -0.235. The predicted octanol–water partition coefficient (Wildman–Crippen LogP) is 0.636. The van der Waals surface area contributed by atoms with Crippen LogP contribution in [0, 0.1) is 0 Å². The molecule has 110 valence electrons. The van der Waals surface area contributed by atoms with Gasteiger partial charge in [0.15, 0.2) is 0 Å². The minimum absolute atomic E-state index is 0.0420. The fourth-order valence-electron chi connectivity index (χ4n) is 1.61. The molecular formula is C13H19N3O4. The second-order valence-electron chi connectivity index (χ2n) is 4.41. The molecule has 20 heavy (non-hydrogen) atoms. The predicted molar refractivity (Wildman–Crippen MR) is 72.6 cm³/mol. The van der Waals surface area contributed by atoms with E-state index in [0.29, 0.717) is 6.54 Å². The van der Waals surface area contributed by atoms with E-state index in [2.05, 4.69) is 10.4 Å². The van der Waals surface area contributed by atoms with E-state index in [9.17, 15) is 14.4 Å². The summed E-state index contributed by atoms with van der Waals surface area (Å²) in [7, 11) is 0. The fraction of sp³-hybridized carbons (Fsp3) is 0.538. The van der Waals surface area contributed by atoms with Crippen molar-refractivity contribution in [2.24, 2.45) is 0 Å². The van der Waals surface area contributed by atoms with Gasteiger partial charge in [0.2, 0.25) is 0 Å². The molecule has 7 heteroatoms. The van der Waals surface area contributed by atoms with Crippen molar-refractivity contribution in [2.75, 3.05) is 0 Å². The van der Waals surface area contributed by atoms with E-state index in [1.54, 1.807) is 6.92 Å². The first-order chi connectivity index (χ1) is 9.49. The van der Waals surface area contributed by atoms with Crippen LogP contribution in [0.25, 0.3) is 0 Å². The van der Waals surface area contributed by atoms with Crippen LogP contribution >= 0.6 is 0 Å². The van der Waals surface area contributed by atoms with Gasteiger partial charge in [0.25, 0.3) is 11.5 Å². The topological polar surface area (TPSA) is 101 Å². The summed E-state index contributed by atoms with van der Waals surface area (Å²) >= 11 is 0. The van der Waals surface area contributed by atoms with Crippen molar-refractivity contribution in [3.8, 4) is 0 Å². The number of carboxylic acid groups (broad SMARTS) is 1. The van der Waals surface area contributed by atoms with Crippen LogP contribution in [-0.4, -0.2) is 32.8 Å². The number of carboxylic acids is 1. The average molecular weight is 281 g/mol. The first-order valence-corrected chi connectivity index (χ1v) is 6.61. The number of aromatic nitrogens is 2. The van der Waals surface area contributed by atoms with E-state index in [1.807, 2.05) is 6.92 Å². The molecule has 1 amide bonds. The summed E-state index contributed by atoms with van der Waals surface area (Å²) in [6.45, 7) is 4.08. The molecule has 0 aliphatic carbocycles. The molecule has 2 N–H and O–H groups in total. The van der Waals surface area contributed by atoms with Crippen LogP contribution in [0.5, 0.6) is 0 Å². The summed E-state index contributed by atoms with van der Waals surface area (Å²) < 4.78 is 1.22. The van der Waals surface area contributed by atoms with Gasteiger partial charge in [0, 0.05) is 12.6 Å². The summed E-state index contributed by atoms with van der Waals surface area (Å²) in [6, 6.07) is 1.61. The van der Waals surface area contributed by atoms with E-state index in [-0.39, 0.29) is 17.7 Å². The molecular weight excluding hydrogens is 262 g/mol. The second-order valence-corrected chi connectivity index (χ2v) is 4.41. The maximum absolute atomic E-state index is 11.9. The van der Waals surface area contributed by atoms with Crippen molar-refractivity contribution >= 4 is 11.9 Å². The molecule has 7 nitrogen and oxygen atoms in total. The highest BCUT2D eigenvalue weighted by molar-refractivity contribution is 5.94. The van der Waals surface area contributed by atoms with Crippen molar-refractivity contribution < 1.29 is 14.7 Å². The molecule has 0 bridgehead atoms. The van der Waals surface area contributed by atoms with E-state index in [4.69, 9.17) is 5.11 Å². The fourth-order valence-corrected chi connectivity index (χ4v) is 1.61. The zero-order valence-corrected chi connectivity index (χ0v) is 11.6. The van der Waals surface area contributed by atoms with Crippen LogP contribution in [-0.2, 0) is 11.3 Å². The van der Waals surface area contributed by atoms with Crippen molar-refractivity contribution in [2.45, 2.75) is 45.7 Å². The molecule has 0 aliphatic heterocycles. The Labute approximate surface area is 116 Å². The maximum atomic E-state index is 11.9. The van der Waals surface area contributed by atoms with E-state index >= 15 is 0 Å². The molecule has 0 saturated heterocycles. The lowest BCUT2D eigenvalue weighted by Gasteiger charge is -2.12. The lowest BCUT2D eigenvalue weighted by Crippen LogP contribution is -2.41. The van der Waals surface area contributed by atoms with Gasteiger partial charge in [0.1, 0.15) is 11.7 Å². The number of aryl methyl sites for hydroxylation is 1. The number of amides is 1. The summed E-state index contributed by atoms with van der Waals surface area (Å²) in [4.78, 5) is 34.3. The minimum atomic E-state index is -1.10. The third-order valence-corrected chi connectivity index (χ3v) is 2.83. The summed E-state index contributed by atoms with van der Waals surface area (Å²) in [6.07, 6.45) is 1.96. The average Bonchev–Trinajstić information content (AvgIpc) is 2.43. The largest absolute Gasteiger partial charge is 0.480 e. The molecule has 0 unspecified atom stereocenters. The number of carbonyl (C=O) groups excluding carboxylic acids is 1. The third-order valence-electron chi connectivity index (χ3n) is 2.83. The zero-order chi connectivity index (χ0) is 15.1. The van der Waals surface area contributed by atoms with Crippen molar-refractivity contribution in [3.63, 3.8) is 0 Å². The van der Waals surface area contributed by atoms with Crippen LogP contribution in [0.2, 0.25) is 0 Å². The van der Waals surface area contributed by atoms with Gasteiger partial charge >= 0.3 is 5.97 Å². The second kappa shape index (κ2) is 7.42. The van der Waals surface area contributed by atoms with Crippen molar-refractivity contribution in [3.05, 3.63) is 28.2 Å². The van der Waals surface area contributed by atoms with Crippen LogP contribution in [0.1, 0.15) is 43.6 Å². The summed E-state index contributed by atoms with van der Waals surface area (Å²) in [5, 5.41) is 15.2. The van der Waals surface area contributed by atoms with Crippen molar-refractivity contribution in [1.82, 2.24) is 15.1 Å². The number of carbonyl (C=O) groups is 2. The zero-order valence-electron chi connectivity index (χ0n) is 11.6. The molecule has 0 spiro atoms. The highest BCUT2D eigenvalue weighted by Gasteiger charge is 2.19. The molecule has 0 fully saturated rings. The molecule has 0 aliphatic rings. The summed E-state index contributed by atoms with van der Waals surface area (Å²) in [5.74, 6) is -1.69. The Hall–Kier alpha value is -2.18. The first kappa shape index (κ1) is 15.9. The molecule has 1 atom stereocenters. The molecule has 0 saturated carbocycles. The SMILES string of the molecule is CCCCn1nc(C(=O)N[C@H](CC)C(=O)O)ccc1=O. The smallest absolute Gasteiger partial charge is 0.326 e. The van der Waals surface area contributed by atoms with Gasteiger partial charge < -0.3 is 10.4 Å². The number of aliphatic carboxylic acids is 1. The first-order valence-electron chi connectivity index (χ1n) is 6.61. The van der Waals surface area contributed by atoms with Gasteiger partial charge in [-0.25, -0.2) is 9.48 Å². The van der Waals surface area contributed by atoms with Crippen LogP contribution in [0.15, 0.2) is 16.9 Å². The molecule has 0 aromatic carbocycles. The van der Waals surface area contributed by atoms with Gasteiger partial charge in [-0.1, -0.05) is 20.3 Å². The maximum Gasteiger partial charge on any atom is 0.326 e. The normalized spacial score (nSPS) is 11.9. The van der Waals surface area contributed by atoms with Crippen LogP contribution in [0.3, 0.4) is 0 Å². The number of rotatable bonds is 7. The Bertz CT molecular complexity index is 539. The molecule has 1 rings (SSSR count). The van der Waals surface area contributed by atoms with E-state index < -0.39 is 17.9 Å². The van der Waals surface area contributed by atoms with Crippen LogP contribution < -0.4 is 10.9 Å². The van der Waals surface area contributed by atoms with Gasteiger partial charge in [-0.2, -0.15) is 5.10 Å². The lowest BCUT2D eigenvalue weighted by atomic mass is 10.2. The van der Waals surface area contributed by atoms with Gasteiger partial charge in [0.05, 0.1) is 0 Å². The number of unbranched alkanes of at least 4 members (excludes halogenated alkanes) is 1. The number of hydrogen-bond donors (Lipinski definition) is 2. The van der Waals surface area contributed by atoms with E-state index in [0.717, 1.165) is 12.8 Å². The van der Waals surface area contributed by atoms with E-state index in [1.165, 1.54) is 16.8 Å². The highest BCUT2D eigenvalue weighted by Crippen LogP contribution is 1.97. The number of nitrogens with zero attached hydrogens (tertiary/aromatic N) is 2. The van der Waals surface area contributed by atoms with Crippen molar-refractivity contribution in [1.29, 1.82) is 0 Å². The standard InChI is InChI=1S/C13H19N3O4/c1-3-5-8-16-11(17)7-6-10(15-16)12(18)14-9(4-2)13(19)20/h6-7,9H,3-5,8H2,1-2H3,(H,14,18)(H,19,20)/t9-/m1/s1. The van der Waals surface area contributed by atoms with Crippen LogP contribution in [0.4, 0.5) is 0 Å². The van der Waals surface area contributed by atoms with Gasteiger partial charge in [-0.05, 0) is 18.9 Å². The Kier molecular flexibility index (Phi) is 5.89. The third kappa shape index (κ3) is 4.18. The Morgan fingerprint density at radius 2 is 2.10 bits per heavy atom. The highest BCUT2D eigenvalue weighted by atomic mass is 16.4. The number of hydrogen-bond acceptors (Lipinski definition) is 4. The molecule has 1 aromatic heterocycles.